The second-order valence-electron chi connectivity index (χ2n) is 6.06. The van der Waals surface area contributed by atoms with Crippen molar-refractivity contribution in [1.29, 1.82) is 0 Å². The number of H-pyrrole nitrogens is 1. The molecule has 3 rings (SSSR count). The summed E-state index contributed by atoms with van der Waals surface area (Å²) >= 11 is 0. The molecule has 0 spiro atoms. The Kier molecular flexibility index (Phi) is 4.61. The SMILES string of the molecule is C[C@H](CN1CCc2ccccc2C1)NC(=O)c1nc[nH]c1C(=O)O. The number of rotatable bonds is 5. The van der Waals surface area contributed by atoms with E-state index < -0.39 is 11.9 Å². The van der Waals surface area contributed by atoms with Crippen LogP contribution in [0, 0.1) is 0 Å². The number of carboxylic acid groups (broad SMARTS) is 1. The summed E-state index contributed by atoms with van der Waals surface area (Å²) in [7, 11) is 0. The van der Waals surface area contributed by atoms with Crippen molar-refractivity contribution in [2.45, 2.75) is 25.9 Å². The van der Waals surface area contributed by atoms with Gasteiger partial charge >= 0.3 is 5.97 Å². The summed E-state index contributed by atoms with van der Waals surface area (Å²) < 4.78 is 0. The monoisotopic (exact) mass is 328 g/mol. The van der Waals surface area contributed by atoms with Gasteiger partial charge in [-0.15, -0.1) is 0 Å². The number of aromatic carboxylic acids is 1. The van der Waals surface area contributed by atoms with Gasteiger partial charge in [-0.05, 0) is 24.5 Å². The summed E-state index contributed by atoms with van der Waals surface area (Å²) in [5.41, 5.74) is 2.43. The van der Waals surface area contributed by atoms with Crippen LogP contribution in [0.25, 0.3) is 0 Å². The van der Waals surface area contributed by atoms with Crippen molar-refractivity contribution in [2.24, 2.45) is 0 Å². The third kappa shape index (κ3) is 3.46. The van der Waals surface area contributed by atoms with Crippen LogP contribution in [0.4, 0.5) is 0 Å². The minimum Gasteiger partial charge on any atom is -0.477 e. The largest absolute Gasteiger partial charge is 0.477 e. The third-order valence-corrected chi connectivity index (χ3v) is 4.19. The van der Waals surface area contributed by atoms with Gasteiger partial charge in [0.2, 0.25) is 0 Å². The third-order valence-electron chi connectivity index (χ3n) is 4.19. The molecule has 2 aromatic rings. The molecule has 3 N–H and O–H groups in total. The first-order valence-electron chi connectivity index (χ1n) is 7.91. The molecule has 0 saturated heterocycles. The first-order chi connectivity index (χ1) is 11.5. The van der Waals surface area contributed by atoms with Crippen LogP contribution in [0.2, 0.25) is 0 Å². The number of imidazole rings is 1. The van der Waals surface area contributed by atoms with E-state index in [0.717, 1.165) is 19.5 Å². The van der Waals surface area contributed by atoms with Crippen LogP contribution < -0.4 is 5.32 Å². The van der Waals surface area contributed by atoms with Crippen LogP contribution in [0.15, 0.2) is 30.6 Å². The number of amides is 1. The van der Waals surface area contributed by atoms with E-state index in [9.17, 15) is 9.59 Å². The van der Waals surface area contributed by atoms with Crippen molar-refractivity contribution in [3.8, 4) is 0 Å². The van der Waals surface area contributed by atoms with Crippen LogP contribution in [-0.2, 0) is 13.0 Å². The summed E-state index contributed by atoms with van der Waals surface area (Å²) in [6, 6.07) is 8.28. The Morgan fingerprint density at radius 3 is 2.88 bits per heavy atom. The van der Waals surface area contributed by atoms with E-state index in [-0.39, 0.29) is 17.4 Å². The predicted octanol–water partition coefficient (Wildman–Crippen LogP) is 1.28. The zero-order valence-corrected chi connectivity index (χ0v) is 13.5. The lowest BCUT2D eigenvalue weighted by atomic mass is 10.00. The highest BCUT2D eigenvalue weighted by molar-refractivity contribution is 6.02. The number of hydrogen-bond acceptors (Lipinski definition) is 4. The molecule has 0 fully saturated rings. The molecule has 1 aliphatic heterocycles. The molecule has 126 valence electrons. The van der Waals surface area contributed by atoms with Gasteiger partial charge in [0.15, 0.2) is 11.4 Å². The number of hydrogen-bond donors (Lipinski definition) is 3. The summed E-state index contributed by atoms with van der Waals surface area (Å²) in [5, 5.41) is 11.9. The zero-order valence-electron chi connectivity index (χ0n) is 13.5. The van der Waals surface area contributed by atoms with Gasteiger partial charge in [0.1, 0.15) is 0 Å². The van der Waals surface area contributed by atoms with Crippen molar-refractivity contribution in [1.82, 2.24) is 20.2 Å². The van der Waals surface area contributed by atoms with Crippen LogP contribution in [-0.4, -0.2) is 51.0 Å². The summed E-state index contributed by atoms with van der Waals surface area (Å²) in [6.45, 7) is 4.41. The fourth-order valence-corrected chi connectivity index (χ4v) is 3.06. The van der Waals surface area contributed by atoms with Gasteiger partial charge in [0.05, 0.1) is 6.33 Å². The van der Waals surface area contributed by atoms with Gasteiger partial charge in [-0.3, -0.25) is 9.69 Å². The summed E-state index contributed by atoms with van der Waals surface area (Å²) in [5.74, 6) is -1.67. The van der Waals surface area contributed by atoms with Crippen LogP contribution in [0.3, 0.4) is 0 Å². The normalized spacial score (nSPS) is 15.5. The van der Waals surface area contributed by atoms with Crippen molar-refractivity contribution in [3.63, 3.8) is 0 Å². The van der Waals surface area contributed by atoms with Gasteiger partial charge in [0.25, 0.3) is 5.91 Å². The molecular weight excluding hydrogens is 308 g/mol. The minimum atomic E-state index is -1.20. The number of benzene rings is 1. The van der Waals surface area contributed by atoms with E-state index in [1.54, 1.807) is 0 Å². The lowest BCUT2D eigenvalue weighted by Crippen LogP contribution is -2.44. The minimum absolute atomic E-state index is 0.0849. The van der Waals surface area contributed by atoms with E-state index in [1.807, 2.05) is 13.0 Å². The maximum absolute atomic E-state index is 12.2. The van der Waals surface area contributed by atoms with Crippen molar-refractivity contribution >= 4 is 11.9 Å². The van der Waals surface area contributed by atoms with Gasteiger partial charge in [-0.1, -0.05) is 24.3 Å². The Balaban J connectivity index is 1.58. The van der Waals surface area contributed by atoms with Crippen molar-refractivity contribution in [2.75, 3.05) is 13.1 Å². The van der Waals surface area contributed by atoms with E-state index in [2.05, 4.69) is 38.4 Å². The standard InChI is InChI=1S/C17H20N4O3/c1-11(20-16(22)14-15(17(23)24)19-10-18-14)8-21-7-6-12-4-2-3-5-13(12)9-21/h2-5,10-11H,6-9H2,1H3,(H,18,19)(H,20,22)(H,23,24)/t11-/m1/s1. The molecule has 7 nitrogen and oxygen atoms in total. The summed E-state index contributed by atoms with van der Waals surface area (Å²) in [4.78, 5) is 31.8. The van der Waals surface area contributed by atoms with E-state index in [1.165, 1.54) is 17.5 Å². The molecule has 0 aliphatic carbocycles. The molecule has 0 unspecified atom stereocenters. The van der Waals surface area contributed by atoms with E-state index in [0.29, 0.717) is 6.54 Å². The molecule has 2 heterocycles. The second-order valence-corrected chi connectivity index (χ2v) is 6.06. The van der Waals surface area contributed by atoms with Crippen LogP contribution in [0.5, 0.6) is 0 Å². The topological polar surface area (TPSA) is 98.3 Å². The molecule has 1 aromatic heterocycles. The van der Waals surface area contributed by atoms with Gasteiger partial charge in [-0.25, -0.2) is 9.78 Å². The number of carbonyl (C=O) groups excluding carboxylic acids is 1. The molecule has 1 aromatic carbocycles. The van der Waals surface area contributed by atoms with Crippen molar-refractivity contribution < 1.29 is 14.7 Å². The Labute approximate surface area is 139 Å². The molecule has 7 heteroatoms. The van der Waals surface area contributed by atoms with Crippen LogP contribution >= 0.6 is 0 Å². The van der Waals surface area contributed by atoms with Gasteiger partial charge < -0.3 is 15.4 Å². The Bertz CT molecular complexity index is 756. The Hall–Kier alpha value is -2.67. The number of fused-ring (bicyclic) bond motifs is 1. The highest BCUT2D eigenvalue weighted by atomic mass is 16.4. The highest BCUT2D eigenvalue weighted by Gasteiger charge is 2.22. The quantitative estimate of drug-likeness (QED) is 0.768. The maximum atomic E-state index is 12.2. The van der Waals surface area contributed by atoms with Crippen molar-refractivity contribution in [3.05, 3.63) is 53.1 Å². The molecule has 1 atom stereocenters. The fraction of sp³-hybridized carbons (Fsp3) is 0.353. The lowest BCUT2D eigenvalue weighted by molar-refractivity contribution is 0.0684. The van der Waals surface area contributed by atoms with Crippen LogP contribution in [0.1, 0.15) is 39.0 Å². The lowest BCUT2D eigenvalue weighted by Gasteiger charge is -2.31. The number of aromatic amines is 1. The fourth-order valence-electron chi connectivity index (χ4n) is 3.06. The molecule has 1 aliphatic rings. The second kappa shape index (κ2) is 6.84. The first-order valence-corrected chi connectivity index (χ1v) is 7.91. The molecule has 1 amide bonds. The number of nitrogens with one attached hydrogen (secondary N) is 2. The number of nitrogens with zero attached hydrogens (tertiary/aromatic N) is 2. The highest BCUT2D eigenvalue weighted by Crippen LogP contribution is 2.18. The Morgan fingerprint density at radius 2 is 2.12 bits per heavy atom. The average Bonchev–Trinajstić information content (AvgIpc) is 3.04. The average molecular weight is 328 g/mol. The molecule has 24 heavy (non-hydrogen) atoms. The zero-order chi connectivity index (χ0) is 17.1. The smallest absolute Gasteiger partial charge is 0.354 e. The number of aromatic nitrogens is 2. The number of carboxylic acids is 1. The van der Waals surface area contributed by atoms with Gasteiger partial charge in [0, 0.05) is 25.7 Å². The van der Waals surface area contributed by atoms with Gasteiger partial charge in [-0.2, -0.15) is 0 Å². The van der Waals surface area contributed by atoms with E-state index in [4.69, 9.17) is 5.11 Å². The number of carbonyl (C=O) groups is 2. The molecule has 0 saturated carbocycles. The van der Waals surface area contributed by atoms with E-state index >= 15 is 0 Å². The Morgan fingerprint density at radius 1 is 1.38 bits per heavy atom. The summed E-state index contributed by atoms with van der Waals surface area (Å²) in [6.07, 6.45) is 2.21. The molecular formula is C17H20N4O3. The maximum Gasteiger partial charge on any atom is 0.354 e. The molecule has 0 bridgehead atoms. The predicted molar refractivity (Wildman–Crippen MR) is 87.9 cm³/mol. The molecule has 0 radical (unpaired) electrons. The first kappa shape index (κ1) is 16.2.